The van der Waals surface area contributed by atoms with E-state index in [1.54, 1.807) is 42.5 Å². The largest absolute Gasteiger partial charge is 0.479 e. The number of hydrogen-bond acceptors (Lipinski definition) is 3. The minimum Gasteiger partial charge on any atom is -0.479 e. The summed E-state index contributed by atoms with van der Waals surface area (Å²) in [5.41, 5.74) is 1.16. The predicted octanol–water partition coefficient (Wildman–Crippen LogP) is 3.57. The van der Waals surface area contributed by atoms with Crippen LogP contribution in [0, 0.1) is 5.82 Å². The molecule has 4 nitrogen and oxygen atoms in total. The molecule has 1 atom stereocenters. The number of ether oxygens (including phenoxy) is 1. The van der Waals surface area contributed by atoms with Crippen molar-refractivity contribution >= 4 is 17.8 Å². The predicted molar refractivity (Wildman–Crippen MR) is 83.9 cm³/mol. The van der Waals surface area contributed by atoms with E-state index in [4.69, 9.17) is 9.84 Å². The maximum absolute atomic E-state index is 12.8. The third-order valence-electron chi connectivity index (χ3n) is 3.10. The summed E-state index contributed by atoms with van der Waals surface area (Å²) in [6, 6.07) is 12.0. The van der Waals surface area contributed by atoms with Gasteiger partial charge in [-0.3, -0.25) is 4.79 Å². The molecule has 1 N–H and O–H groups in total. The van der Waals surface area contributed by atoms with Crippen molar-refractivity contribution in [3.8, 4) is 5.75 Å². The molecule has 2 aromatic carbocycles. The van der Waals surface area contributed by atoms with Crippen LogP contribution in [0.4, 0.5) is 4.39 Å². The fourth-order valence-corrected chi connectivity index (χ4v) is 1.79. The average molecular weight is 314 g/mol. The molecule has 0 aliphatic rings. The first kappa shape index (κ1) is 16.4. The summed E-state index contributed by atoms with van der Waals surface area (Å²) in [6.07, 6.45) is 2.02. The highest BCUT2D eigenvalue weighted by Crippen LogP contribution is 2.15. The smallest absolute Gasteiger partial charge is 0.344 e. The summed E-state index contributed by atoms with van der Waals surface area (Å²) in [5, 5.41) is 8.77. The van der Waals surface area contributed by atoms with Gasteiger partial charge in [-0.1, -0.05) is 18.2 Å². The fourth-order valence-electron chi connectivity index (χ4n) is 1.79. The minimum absolute atomic E-state index is 0.216. The van der Waals surface area contributed by atoms with Crippen molar-refractivity contribution in [3.05, 3.63) is 71.6 Å². The van der Waals surface area contributed by atoms with E-state index in [9.17, 15) is 14.0 Å². The van der Waals surface area contributed by atoms with Crippen LogP contribution in [0.2, 0.25) is 0 Å². The lowest BCUT2D eigenvalue weighted by atomic mass is 10.1. The normalized spacial score (nSPS) is 12.1. The van der Waals surface area contributed by atoms with E-state index in [2.05, 4.69) is 0 Å². The van der Waals surface area contributed by atoms with Gasteiger partial charge in [0.05, 0.1) is 0 Å². The van der Waals surface area contributed by atoms with Crippen LogP contribution < -0.4 is 4.74 Å². The van der Waals surface area contributed by atoms with Gasteiger partial charge in [-0.05, 0) is 55.0 Å². The topological polar surface area (TPSA) is 63.6 Å². The number of benzene rings is 2. The average Bonchev–Trinajstić information content (AvgIpc) is 2.54. The van der Waals surface area contributed by atoms with Crippen LogP contribution >= 0.6 is 0 Å². The third-order valence-corrected chi connectivity index (χ3v) is 3.10. The lowest BCUT2D eigenvalue weighted by Crippen LogP contribution is -2.22. The number of hydrogen-bond donors (Lipinski definition) is 1. The molecule has 0 heterocycles. The molecule has 23 heavy (non-hydrogen) atoms. The highest BCUT2D eigenvalue weighted by atomic mass is 19.1. The molecule has 2 rings (SSSR count). The molecule has 0 aliphatic heterocycles. The summed E-state index contributed by atoms with van der Waals surface area (Å²) in [7, 11) is 0. The summed E-state index contributed by atoms with van der Waals surface area (Å²) in [5.74, 6) is -1.24. The second-order valence-electron chi connectivity index (χ2n) is 4.87. The van der Waals surface area contributed by atoms with Crippen molar-refractivity contribution in [1.82, 2.24) is 0 Å². The Kier molecular flexibility index (Phi) is 5.25. The third kappa shape index (κ3) is 4.78. The Morgan fingerprint density at radius 3 is 2.26 bits per heavy atom. The molecule has 0 saturated heterocycles. The van der Waals surface area contributed by atoms with Crippen LogP contribution in [0.5, 0.6) is 5.75 Å². The molecule has 0 spiro atoms. The quantitative estimate of drug-likeness (QED) is 0.654. The van der Waals surface area contributed by atoms with Gasteiger partial charge < -0.3 is 9.84 Å². The van der Waals surface area contributed by atoms with E-state index in [1.165, 1.54) is 25.1 Å². The van der Waals surface area contributed by atoms with Crippen molar-refractivity contribution in [2.24, 2.45) is 0 Å². The number of rotatable bonds is 6. The lowest BCUT2D eigenvalue weighted by molar-refractivity contribution is -0.144. The second-order valence-corrected chi connectivity index (χ2v) is 4.87. The van der Waals surface area contributed by atoms with E-state index >= 15 is 0 Å². The van der Waals surface area contributed by atoms with Gasteiger partial charge in [0.15, 0.2) is 11.9 Å². The van der Waals surface area contributed by atoms with Crippen LogP contribution in [0.3, 0.4) is 0 Å². The van der Waals surface area contributed by atoms with Gasteiger partial charge in [-0.2, -0.15) is 0 Å². The molecule has 5 heteroatoms. The molecule has 118 valence electrons. The van der Waals surface area contributed by atoms with Gasteiger partial charge >= 0.3 is 5.97 Å². The summed E-state index contributed by atoms with van der Waals surface area (Å²) < 4.78 is 18.0. The van der Waals surface area contributed by atoms with E-state index < -0.39 is 12.1 Å². The first-order chi connectivity index (χ1) is 11.0. The Balaban J connectivity index is 2.02. The van der Waals surface area contributed by atoms with Crippen LogP contribution in [-0.2, 0) is 4.79 Å². The Labute approximate surface area is 132 Å². The molecule has 0 saturated carbocycles. The molecule has 0 amide bonds. The van der Waals surface area contributed by atoms with Crippen LogP contribution in [-0.4, -0.2) is 23.0 Å². The maximum Gasteiger partial charge on any atom is 0.344 e. The second kappa shape index (κ2) is 7.35. The van der Waals surface area contributed by atoms with Gasteiger partial charge in [0.1, 0.15) is 11.6 Å². The fraction of sp³-hybridized carbons (Fsp3) is 0.111. The number of carbonyl (C=O) groups is 2. The van der Waals surface area contributed by atoms with Gasteiger partial charge in [-0.15, -0.1) is 0 Å². The van der Waals surface area contributed by atoms with E-state index in [0.717, 1.165) is 5.56 Å². The monoisotopic (exact) mass is 314 g/mol. The molecule has 2 aromatic rings. The molecular weight excluding hydrogens is 299 g/mol. The van der Waals surface area contributed by atoms with Gasteiger partial charge in [0, 0.05) is 5.56 Å². The summed E-state index contributed by atoms with van der Waals surface area (Å²) >= 11 is 0. The zero-order chi connectivity index (χ0) is 16.8. The van der Waals surface area contributed by atoms with E-state index in [0.29, 0.717) is 11.3 Å². The van der Waals surface area contributed by atoms with Crippen molar-refractivity contribution in [2.45, 2.75) is 13.0 Å². The zero-order valence-electron chi connectivity index (χ0n) is 12.4. The Bertz CT molecular complexity index is 718. The van der Waals surface area contributed by atoms with Crippen LogP contribution in [0.15, 0.2) is 54.6 Å². The lowest BCUT2D eigenvalue weighted by Gasteiger charge is -2.10. The summed E-state index contributed by atoms with van der Waals surface area (Å²) in [6.45, 7) is 1.42. The first-order valence-electron chi connectivity index (χ1n) is 6.93. The Morgan fingerprint density at radius 1 is 1.09 bits per heavy atom. The standard InChI is InChI=1S/C18H15FO4/c1-12(18(21)22)23-16-9-5-14(6-10-16)17(20)11-4-13-2-7-15(19)8-3-13/h2-12H,1H3,(H,21,22)/b11-4+. The molecule has 0 aliphatic carbocycles. The summed E-state index contributed by atoms with van der Waals surface area (Å²) in [4.78, 5) is 22.7. The molecular formula is C18H15FO4. The Morgan fingerprint density at radius 2 is 1.70 bits per heavy atom. The number of ketones is 1. The molecule has 0 fully saturated rings. The first-order valence-corrected chi connectivity index (χ1v) is 6.93. The highest BCUT2D eigenvalue weighted by molar-refractivity contribution is 6.06. The maximum atomic E-state index is 12.8. The van der Waals surface area contributed by atoms with E-state index in [1.807, 2.05) is 0 Å². The molecule has 0 radical (unpaired) electrons. The number of aliphatic carboxylic acids is 1. The number of carbonyl (C=O) groups excluding carboxylic acids is 1. The van der Waals surface area contributed by atoms with E-state index in [-0.39, 0.29) is 11.6 Å². The van der Waals surface area contributed by atoms with Crippen molar-refractivity contribution < 1.29 is 23.8 Å². The van der Waals surface area contributed by atoms with Crippen LogP contribution in [0.25, 0.3) is 6.08 Å². The van der Waals surface area contributed by atoms with Gasteiger partial charge in [-0.25, -0.2) is 9.18 Å². The van der Waals surface area contributed by atoms with Gasteiger partial charge in [0.25, 0.3) is 0 Å². The zero-order valence-corrected chi connectivity index (χ0v) is 12.4. The van der Waals surface area contributed by atoms with Crippen LogP contribution in [0.1, 0.15) is 22.8 Å². The number of halogens is 1. The Hall–Kier alpha value is -2.95. The van der Waals surface area contributed by atoms with Crippen molar-refractivity contribution in [2.75, 3.05) is 0 Å². The van der Waals surface area contributed by atoms with Gasteiger partial charge in [0.2, 0.25) is 0 Å². The molecule has 0 bridgehead atoms. The van der Waals surface area contributed by atoms with Crippen molar-refractivity contribution in [1.29, 1.82) is 0 Å². The minimum atomic E-state index is -1.06. The number of allylic oxidation sites excluding steroid dienone is 1. The number of carboxylic acids is 1. The molecule has 1 unspecified atom stereocenters. The molecule has 0 aromatic heterocycles. The number of carboxylic acid groups (broad SMARTS) is 1. The highest BCUT2D eigenvalue weighted by Gasteiger charge is 2.12. The SMILES string of the molecule is CC(Oc1ccc(C(=O)/C=C/c2ccc(F)cc2)cc1)C(=O)O. The van der Waals surface area contributed by atoms with Crippen molar-refractivity contribution in [3.63, 3.8) is 0 Å².